The molecule has 0 aromatic heterocycles. The van der Waals surface area contributed by atoms with Gasteiger partial charge < -0.3 is 19.5 Å². The smallest absolute Gasteiger partial charge is 0.337 e. The second kappa shape index (κ2) is 10.8. The summed E-state index contributed by atoms with van der Waals surface area (Å²) in [6.45, 7) is 5.70. The highest BCUT2D eigenvalue weighted by molar-refractivity contribution is 6.30. The summed E-state index contributed by atoms with van der Waals surface area (Å²) in [4.78, 5) is 27.1. The Morgan fingerprint density at radius 2 is 1.72 bits per heavy atom. The number of carbonyl (C=O) groups excluding carboxylic acids is 2. The number of allylic oxidation sites excluding steroid dienone is 3. The lowest BCUT2D eigenvalue weighted by molar-refractivity contribution is -0.144. The van der Waals surface area contributed by atoms with Crippen LogP contribution in [0.2, 0.25) is 5.02 Å². The maximum absolute atomic E-state index is 13.7. The number of rotatable bonds is 7. The number of Topliss-reactive ketones (excluding diaryl/α,β-unsaturated/α-hetero) is 1. The van der Waals surface area contributed by atoms with Crippen molar-refractivity contribution in [3.63, 3.8) is 0 Å². The van der Waals surface area contributed by atoms with Gasteiger partial charge in [0, 0.05) is 34.3 Å². The Morgan fingerprint density at radius 3 is 2.36 bits per heavy atom. The zero-order chi connectivity index (χ0) is 26.0. The number of carbonyl (C=O) groups is 2. The van der Waals surface area contributed by atoms with Crippen molar-refractivity contribution in [1.29, 1.82) is 0 Å². The highest BCUT2D eigenvalue weighted by Crippen LogP contribution is 2.46. The molecule has 190 valence electrons. The summed E-state index contributed by atoms with van der Waals surface area (Å²) in [7, 11) is 3.20. The first-order chi connectivity index (χ1) is 17.3. The summed E-state index contributed by atoms with van der Waals surface area (Å²) in [5.41, 5.74) is 4.46. The maximum atomic E-state index is 13.7. The van der Waals surface area contributed by atoms with Crippen molar-refractivity contribution in [2.45, 2.75) is 58.0 Å². The molecular weight excluding hydrogens is 478 g/mol. The van der Waals surface area contributed by atoms with Gasteiger partial charge in [-0.25, -0.2) is 4.79 Å². The topological polar surface area (TPSA) is 73.9 Å². The summed E-state index contributed by atoms with van der Waals surface area (Å²) in [5.74, 6) is 0.319. The predicted molar refractivity (Wildman–Crippen MR) is 139 cm³/mol. The normalized spacial score (nSPS) is 20.4. The number of nitrogens with one attached hydrogen (secondary N) is 1. The van der Waals surface area contributed by atoms with Crippen LogP contribution in [0.4, 0.5) is 0 Å². The van der Waals surface area contributed by atoms with E-state index in [0.29, 0.717) is 52.6 Å². The van der Waals surface area contributed by atoms with Crippen LogP contribution in [0.3, 0.4) is 0 Å². The molecule has 0 amide bonds. The van der Waals surface area contributed by atoms with Gasteiger partial charge in [-0.05, 0) is 68.0 Å². The van der Waals surface area contributed by atoms with Gasteiger partial charge in [0.1, 0.15) is 0 Å². The number of hydrogen-bond acceptors (Lipinski definition) is 6. The summed E-state index contributed by atoms with van der Waals surface area (Å²) >= 11 is 6.15. The number of esters is 1. The van der Waals surface area contributed by atoms with E-state index in [9.17, 15) is 9.59 Å². The Kier molecular flexibility index (Phi) is 7.74. The van der Waals surface area contributed by atoms with Crippen LogP contribution >= 0.6 is 11.6 Å². The van der Waals surface area contributed by atoms with Crippen molar-refractivity contribution >= 4 is 23.4 Å². The molecule has 0 radical (unpaired) electrons. The van der Waals surface area contributed by atoms with Crippen molar-refractivity contribution < 1.29 is 23.8 Å². The Morgan fingerprint density at radius 1 is 1.06 bits per heavy atom. The summed E-state index contributed by atoms with van der Waals surface area (Å²) < 4.78 is 16.6. The molecule has 1 aliphatic carbocycles. The quantitative estimate of drug-likeness (QED) is 0.457. The lowest BCUT2D eigenvalue weighted by atomic mass is 9.71. The number of dihydropyridines is 1. The third kappa shape index (κ3) is 5.00. The van der Waals surface area contributed by atoms with Gasteiger partial charge in [-0.3, -0.25) is 4.79 Å². The molecule has 2 aliphatic rings. The predicted octanol–water partition coefficient (Wildman–Crippen LogP) is 6.06. The van der Waals surface area contributed by atoms with Crippen LogP contribution in [0.1, 0.15) is 63.0 Å². The van der Waals surface area contributed by atoms with Crippen LogP contribution < -0.4 is 14.8 Å². The molecule has 0 fully saturated rings. The number of ketones is 1. The Balaban J connectivity index is 1.76. The molecule has 6 nitrogen and oxygen atoms in total. The molecule has 0 unspecified atom stereocenters. The molecule has 1 heterocycles. The van der Waals surface area contributed by atoms with E-state index in [0.717, 1.165) is 16.8 Å². The average Bonchev–Trinajstić information content (AvgIpc) is 2.87. The van der Waals surface area contributed by atoms with Gasteiger partial charge in [-0.15, -0.1) is 0 Å². The van der Waals surface area contributed by atoms with Crippen LogP contribution in [0, 0.1) is 0 Å². The second-order valence-corrected chi connectivity index (χ2v) is 9.74. The van der Waals surface area contributed by atoms with E-state index in [1.54, 1.807) is 26.4 Å². The molecule has 2 aromatic rings. The average molecular weight is 510 g/mol. The van der Waals surface area contributed by atoms with Crippen LogP contribution in [0.5, 0.6) is 11.5 Å². The fourth-order valence-corrected chi connectivity index (χ4v) is 5.10. The molecule has 0 spiro atoms. The molecule has 36 heavy (non-hydrogen) atoms. The van der Waals surface area contributed by atoms with Crippen molar-refractivity contribution in [3.8, 4) is 11.5 Å². The van der Waals surface area contributed by atoms with Gasteiger partial charge in [0.15, 0.2) is 17.3 Å². The maximum Gasteiger partial charge on any atom is 0.337 e. The molecule has 4 rings (SSSR count). The minimum Gasteiger partial charge on any atom is -0.493 e. The van der Waals surface area contributed by atoms with Gasteiger partial charge >= 0.3 is 5.97 Å². The molecule has 1 N–H and O–H groups in total. The molecular formula is C29H32ClNO5. The molecule has 0 bridgehead atoms. The molecule has 0 saturated heterocycles. The highest BCUT2D eigenvalue weighted by Gasteiger charge is 2.41. The van der Waals surface area contributed by atoms with Crippen molar-refractivity contribution in [3.05, 3.63) is 81.2 Å². The molecule has 2 aromatic carbocycles. The van der Waals surface area contributed by atoms with Crippen molar-refractivity contribution in [2.75, 3.05) is 14.2 Å². The minimum absolute atomic E-state index is 0.00447. The van der Waals surface area contributed by atoms with Crippen molar-refractivity contribution in [2.24, 2.45) is 0 Å². The number of benzene rings is 2. The number of hydrogen-bond donors (Lipinski definition) is 1. The lowest BCUT2D eigenvalue weighted by Crippen LogP contribution is -2.36. The van der Waals surface area contributed by atoms with Crippen molar-refractivity contribution in [1.82, 2.24) is 5.32 Å². The third-order valence-corrected chi connectivity index (χ3v) is 7.26. The first-order valence-corrected chi connectivity index (χ1v) is 12.6. The zero-order valence-corrected chi connectivity index (χ0v) is 22.1. The Labute approximate surface area is 217 Å². The van der Waals surface area contributed by atoms with E-state index in [1.807, 2.05) is 51.1 Å². The molecule has 3 atom stereocenters. The van der Waals surface area contributed by atoms with E-state index in [-0.39, 0.29) is 17.8 Å². The fourth-order valence-electron chi connectivity index (χ4n) is 4.97. The summed E-state index contributed by atoms with van der Waals surface area (Å²) in [6, 6.07) is 13.1. The SMILES string of the molecule is CC[C@H](C)OC(=O)C1=C(C)NC2=C(C(=O)C[C@H](c3ccc(OC)c(OC)c3)C2)[C@@H]1c1ccc(Cl)cc1. The van der Waals surface area contributed by atoms with Crippen LogP contribution in [-0.4, -0.2) is 32.1 Å². The molecule has 0 saturated carbocycles. The number of methoxy groups -OCH3 is 2. The van der Waals surface area contributed by atoms with Crippen LogP contribution in [0.15, 0.2) is 65.0 Å². The van der Waals surface area contributed by atoms with Crippen LogP contribution in [-0.2, 0) is 14.3 Å². The second-order valence-electron chi connectivity index (χ2n) is 9.31. The van der Waals surface area contributed by atoms with Gasteiger partial charge in [-0.1, -0.05) is 36.7 Å². The fraction of sp³-hybridized carbons (Fsp3) is 0.379. The summed E-state index contributed by atoms with van der Waals surface area (Å²) in [6.07, 6.45) is 1.44. The van der Waals surface area contributed by atoms with Gasteiger partial charge in [0.25, 0.3) is 0 Å². The standard InChI is InChI=1S/C29H32ClNO5/c1-6-16(2)36-29(33)26-17(3)31-22-13-20(19-9-12-24(34-4)25(15-19)35-5)14-23(32)28(22)27(26)18-7-10-21(30)11-8-18/h7-12,15-16,20,27,31H,6,13-14H2,1-5H3/t16-,20+,27+/m0/s1. The molecule has 7 heteroatoms. The van der Waals surface area contributed by atoms with Gasteiger partial charge in [0.2, 0.25) is 0 Å². The first kappa shape index (κ1) is 25.8. The zero-order valence-electron chi connectivity index (χ0n) is 21.3. The Bertz CT molecular complexity index is 1230. The first-order valence-electron chi connectivity index (χ1n) is 12.2. The van der Waals surface area contributed by atoms with Crippen LogP contribution in [0.25, 0.3) is 0 Å². The lowest BCUT2D eigenvalue weighted by Gasteiger charge is -2.37. The highest BCUT2D eigenvalue weighted by atomic mass is 35.5. The summed E-state index contributed by atoms with van der Waals surface area (Å²) in [5, 5.41) is 3.98. The van der Waals surface area contributed by atoms with E-state index in [2.05, 4.69) is 5.32 Å². The van der Waals surface area contributed by atoms with Gasteiger partial charge in [0.05, 0.1) is 25.9 Å². The third-order valence-electron chi connectivity index (χ3n) is 7.01. The number of halogens is 1. The minimum atomic E-state index is -0.520. The largest absolute Gasteiger partial charge is 0.493 e. The van der Waals surface area contributed by atoms with E-state index in [1.165, 1.54) is 0 Å². The van der Waals surface area contributed by atoms with E-state index >= 15 is 0 Å². The monoisotopic (exact) mass is 509 g/mol. The molecule has 1 aliphatic heterocycles. The van der Waals surface area contributed by atoms with E-state index in [4.69, 9.17) is 25.8 Å². The Hall–Kier alpha value is -3.25. The number of ether oxygens (including phenoxy) is 3. The van der Waals surface area contributed by atoms with E-state index < -0.39 is 11.9 Å². The van der Waals surface area contributed by atoms with Gasteiger partial charge in [-0.2, -0.15) is 0 Å².